The zero-order valence-corrected chi connectivity index (χ0v) is 16.3. The van der Waals surface area contributed by atoms with Crippen LogP contribution >= 0.6 is 0 Å². The molecule has 6 nitrogen and oxygen atoms in total. The lowest BCUT2D eigenvalue weighted by Crippen LogP contribution is -2.14. The van der Waals surface area contributed by atoms with Crippen molar-refractivity contribution in [3.05, 3.63) is 60.2 Å². The van der Waals surface area contributed by atoms with Gasteiger partial charge in [-0.3, -0.25) is 0 Å². The molecular weight excluding hydrogens is 360 g/mol. The summed E-state index contributed by atoms with van der Waals surface area (Å²) in [7, 11) is 0. The fourth-order valence-corrected chi connectivity index (χ4v) is 2.31. The van der Waals surface area contributed by atoms with E-state index >= 15 is 0 Å². The highest BCUT2D eigenvalue weighted by Gasteiger charge is 2.05. The van der Waals surface area contributed by atoms with Crippen LogP contribution in [0.5, 0.6) is 17.2 Å². The van der Waals surface area contributed by atoms with Crippen LogP contribution in [0.15, 0.2) is 54.6 Å². The standard InChI is InChI=1S/C22H24O6/c1-4-25-21(23)14-16(3)17-6-8-19(9-7-17)28-20-12-10-18(11-13-20)27-15-22(24)26-5-2/h6-14H,4-5,15H2,1-3H3. The molecule has 0 heterocycles. The Morgan fingerprint density at radius 1 is 0.821 bits per heavy atom. The van der Waals surface area contributed by atoms with Crippen molar-refractivity contribution in [2.45, 2.75) is 20.8 Å². The summed E-state index contributed by atoms with van der Waals surface area (Å²) in [5, 5.41) is 0. The lowest BCUT2D eigenvalue weighted by Gasteiger charge is -2.09. The summed E-state index contributed by atoms with van der Waals surface area (Å²) in [5.41, 5.74) is 1.72. The van der Waals surface area contributed by atoms with Crippen LogP contribution in [0.1, 0.15) is 26.3 Å². The minimum Gasteiger partial charge on any atom is -0.482 e. The molecule has 0 saturated heterocycles. The van der Waals surface area contributed by atoms with Gasteiger partial charge < -0.3 is 18.9 Å². The smallest absolute Gasteiger partial charge is 0.344 e. The van der Waals surface area contributed by atoms with Gasteiger partial charge in [-0.05, 0) is 68.3 Å². The number of hydrogen-bond acceptors (Lipinski definition) is 6. The quantitative estimate of drug-likeness (QED) is 0.472. The molecule has 0 saturated carbocycles. The fourth-order valence-electron chi connectivity index (χ4n) is 2.31. The van der Waals surface area contributed by atoms with E-state index < -0.39 is 5.97 Å². The fraction of sp³-hybridized carbons (Fsp3) is 0.273. The van der Waals surface area contributed by atoms with Gasteiger partial charge in [0.2, 0.25) is 0 Å². The van der Waals surface area contributed by atoms with Crippen LogP contribution in [0.4, 0.5) is 0 Å². The summed E-state index contributed by atoms with van der Waals surface area (Å²) in [6.07, 6.45) is 1.47. The van der Waals surface area contributed by atoms with Crippen LogP contribution < -0.4 is 9.47 Å². The molecule has 0 bridgehead atoms. The number of carbonyl (C=O) groups excluding carboxylic acids is 2. The molecule has 0 aliphatic heterocycles. The predicted molar refractivity (Wildman–Crippen MR) is 105 cm³/mol. The molecule has 0 spiro atoms. The highest BCUT2D eigenvalue weighted by Crippen LogP contribution is 2.25. The molecule has 0 aliphatic rings. The Bertz CT molecular complexity index is 806. The molecule has 0 atom stereocenters. The van der Waals surface area contributed by atoms with Gasteiger partial charge in [-0.2, -0.15) is 0 Å². The van der Waals surface area contributed by atoms with Crippen LogP contribution in [0.25, 0.3) is 5.57 Å². The third-order valence-electron chi connectivity index (χ3n) is 3.65. The van der Waals surface area contributed by atoms with Crippen LogP contribution in [0, 0.1) is 0 Å². The molecule has 2 aromatic carbocycles. The average molecular weight is 384 g/mol. The number of rotatable bonds is 9. The first-order valence-corrected chi connectivity index (χ1v) is 9.03. The monoisotopic (exact) mass is 384 g/mol. The van der Waals surface area contributed by atoms with Gasteiger partial charge in [0.05, 0.1) is 13.2 Å². The Morgan fingerprint density at radius 2 is 1.36 bits per heavy atom. The predicted octanol–water partition coefficient (Wildman–Crippen LogP) is 4.39. The van der Waals surface area contributed by atoms with E-state index in [2.05, 4.69) is 0 Å². The first-order chi connectivity index (χ1) is 13.5. The molecule has 0 unspecified atom stereocenters. The Hall–Kier alpha value is -3.28. The van der Waals surface area contributed by atoms with Gasteiger partial charge in [-0.15, -0.1) is 0 Å². The van der Waals surface area contributed by atoms with Crippen molar-refractivity contribution in [2.24, 2.45) is 0 Å². The lowest BCUT2D eigenvalue weighted by atomic mass is 10.1. The molecule has 2 aromatic rings. The normalized spacial score (nSPS) is 10.9. The van der Waals surface area contributed by atoms with Crippen LogP contribution in [0.3, 0.4) is 0 Å². The zero-order valence-electron chi connectivity index (χ0n) is 16.3. The highest BCUT2D eigenvalue weighted by atomic mass is 16.6. The molecule has 6 heteroatoms. The summed E-state index contributed by atoms with van der Waals surface area (Å²) in [6.45, 7) is 5.91. The minimum absolute atomic E-state index is 0.131. The van der Waals surface area contributed by atoms with E-state index in [0.29, 0.717) is 30.5 Å². The highest BCUT2D eigenvalue weighted by molar-refractivity contribution is 5.90. The van der Waals surface area contributed by atoms with Crippen molar-refractivity contribution < 1.29 is 28.5 Å². The molecule has 0 aliphatic carbocycles. The number of allylic oxidation sites excluding steroid dienone is 1. The van der Waals surface area contributed by atoms with Crippen molar-refractivity contribution in [3.8, 4) is 17.2 Å². The first-order valence-electron chi connectivity index (χ1n) is 9.03. The minimum atomic E-state index is -0.407. The van der Waals surface area contributed by atoms with Gasteiger partial charge in [0.25, 0.3) is 0 Å². The van der Waals surface area contributed by atoms with E-state index in [0.717, 1.165) is 11.1 Å². The van der Waals surface area contributed by atoms with Crippen LogP contribution in [-0.4, -0.2) is 31.8 Å². The topological polar surface area (TPSA) is 71.1 Å². The van der Waals surface area contributed by atoms with Gasteiger partial charge in [0.1, 0.15) is 17.2 Å². The molecule has 0 fully saturated rings. The maximum absolute atomic E-state index is 11.5. The SMILES string of the molecule is CCOC(=O)C=C(C)c1ccc(Oc2ccc(OCC(=O)OCC)cc2)cc1. The Labute approximate surface area is 164 Å². The lowest BCUT2D eigenvalue weighted by molar-refractivity contribution is -0.145. The van der Waals surface area contributed by atoms with E-state index in [-0.39, 0.29) is 12.6 Å². The number of carbonyl (C=O) groups is 2. The molecule has 2 rings (SSSR count). The third-order valence-corrected chi connectivity index (χ3v) is 3.65. The summed E-state index contributed by atoms with van der Waals surface area (Å²) < 4.78 is 20.9. The number of ether oxygens (including phenoxy) is 4. The van der Waals surface area contributed by atoms with Crippen molar-refractivity contribution in [3.63, 3.8) is 0 Å². The second-order valence-electron chi connectivity index (χ2n) is 5.77. The third kappa shape index (κ3) is 6.79. The summed E-state index contributed by atoms with van der Waals surface area (Å²) in [5.74, 6) is 1.08. The maximum atomic E-state index is 11.5. The summed E-state index contributed by atoms with van der Waals surface area (Å²) in [6, 6.07) is 14.3. The Balaban J connectivity index is 1.93. The van der Waals surface area contributed by atoms with E-state index in [4.69, 9.17) is 18.9 Å². The van der Waals surface area contributed by atoms with E-state index in [1.807, 2.05) is 31.2 Å². The molecule has 0 radical (unpaired) electrons. The van der Waals surface area contributed by atoms with Crippen molar-refractivity contribution >= 4 is 17.5 Å². The second kappa shape index (κ2) is 10.8. The molecule has 0 N–H and O–H groups in total. The van der Waals surface area contributed by atoms with Gasteiger partial charge in [-0.1, -0.05) is 12.1 Å². The van der Waals surface area contributed by atoms with E-state index in [1.54, 1.807) is 38.1 Å². The maximum Gasteiger partial charge on any atom is 0.344 e. The Morgan fingerprint density at radius 3 is 1.93 bits per heavy atom. The zero-order chi connectivity index (χ0) is 20.4. The first kappa shape index (κ1) is 21.0. The molecule has 28 heavy (non-hydrogen) atoms. The number of esters is 2. The summed E-state index contributed by atoms with van der Waals surface area (Å²) >= 11 is 0. The largest absolute Gasteiger partial charge is 0.482 e. The van der Waals surface area contributed by atoms with Crippen molar-refractivity contribution in [1.29, 1.82) is 0 Å². The van der Waals surface area contributed by atoms with Gasteiger partial charge in [0.15, 0.2) is 6.61 Å². The van der Waals surface area contributed by atoms with Gasteiger partial charge in [-0.25, -0.2) is 9.59 Å². The van der Waals surface area contributed by atoms with Crippen LogP contribution in [0.2, 0.25) is 0 Å². The molecule has 148 valence electrons. The second-order valence-corrected chi connectivity index (χ2v) is 5.77. The van der Waals surface area contributed by atoms with Crippen molar-refractivity contribution in [2.75, 3.05) is 19.8 Å². The van der Waals surface area contributed by atoms with E-state index in [9.17, 15) is 9.59 Å². The van der Waals surface area contributed by atoms with Gasteiger partial charge >= 0.3 is 11.9 Å². The van der Waals surface area contributed by atoms with Gasteiger partial charge in [0, 0.05) is 6.08 Å². The van der Waals surface area contributed by atoms with Crippen molar-refractivity contribution in [1.82, 2.24) is 0 Å². The molecule has 0 amide bonds. The molecule has 0 aromatic heterocycles. The number of hydrogen-bond donors (Lipinski definition) is 0. The van der Waals surface area contributed by atoms with E-state index in [1.165, 1.54) is 6.08 Å². The average Bonchev–Trinajstić information content (AvgIpc) is 2.68. The number of benzene rings is 2. The molecular formula is C22H24O6. The Kier molecular flexibility index (Phi) is 8.09. The van der Waals surface area contributed by atoms with Crippen LogP contribution in [-0.2, 0) is 19.1 Å². The summed E-state index contributed by atoms with van der Waals surface area (Å²) in [4.78, 5) is 22.8.